The minimum Gasteiger partial charge on any atom is -0.340 e. The lowest BCUT2D eigenvalue weighted by Gasteiger charge is -2.06. The Bertz CT molecular complexity index is 710. The number of aryl methyl sites for hydroxylation is 1. The lowest BCUT2D eigenvalue weighted by molar-refractivity contribution is 0.596. The molecule has 1 N–H and O–H groups in total. The van der Waals surface area contributed by atoms with Crippen LogP contribution >= 0.6 is 0 Å². The molecule has 104 valence electrons. The van der Waals surface area contributed by atoms with Gasteiger partial charge in [-0.3, -0.25) is 0 Å². The van der Waals surface area contributed by atoms with Crippen molar-refractivity contribution >= 4 is 10.9 Å². The summed E-state index contributed by atoms with van der Waals surface area (Å²) >= 11 is 0. The van der Waals surface area contributed by atoms with Crippen LogP contribution in [-0.4, -0.2) is 26.4 Å². The minimum absolute atomic E-state index is 0.748. The summed E-state index contributed by atoms with van der Waals surface area (Å²) in [5.74, 6) is 0.990. The van der Waals surface area contributed by atoms with E-state index in [9.17, 15) is 0 Å². The number of hydrogen-bond donors (Lipinski definition) is 1. The Labute approximate surface area is 118 Å². The molecule has 5 heteroatoms. The molecule has 2 heterocycles. The molecular weight excluding hydrogens is 250 g/mol. The molecular formula is C15H19N5. The van der Waals surface area contributed by atoms with Gasteiger partial charge in [-0.2, -0.15) is 5.10 Å². The second-order valence-electron chi connectivity index (χ2n) is 4.82. The third kappa shape index (κ3) is 2.20. The van der Waals surface area contributed by atoms with Gasteiger partial charge in [-0.1, -0.05) is 18.2 Å². The van der Waals surface area contributed by atoms with Crippen LogP contribution in [-0.2, 0) is 19.6 Å². The predicted octanol–water partition coefficient (Wildman–Crippen LogP) is 2.02. The van der Waals surface area contributed by atoms with Gasteiger partial charge in [0.15, 0.2) is 0 Å². The zero-order valence-electron chi connectivity index (χ0n) is 11.9. The second kappa shape index (κ2) is 5.46. The number of hydrogen-bond acceptors (Lipinski definition) is 3. The monoisotopic (exact) mass is 269 g/mol. The van der Waals surface area contributed by atoms with Crippen LogP contribution in [0.2, 0.25) is 0 Å². The van der Waals surface area contributed by atoms with E-state index in [1.807, 2.05) is 11.7 Å². The quantitative estimate of drug-likeness (QED) is 0.771. The van der Waals surface area contributed by atoms with E-state index in [0.717, 1.165) is 25.5 Å². The zero-order chi connectivity index (χ0) is 13.9. The topological polar surface area (TPSA) is 47.7 Å². The van der Waals surface area contributed by atoms with Crippen molar-refractivity contribution in [3.8, 4) is 0 Å². The summed E-state index contributed by atoms with van der Waals surface area (Å²) in [6.45, 7) is 4.54. The van der Waals surface area contributed by atoms with Crippen LogP contribution in [0.5, 0.6) is 0 Å². The molecule has 20 heavy (non-hydrogen) atoms. The number of nitrogens with one attached hydrogen (secondary N) is 1. The molecule has 0 bridgehead atoms. The lowest BCUT2D eigenvalue weighted by atomic mass is 10.2. The summed E-state index contributed by atoms with van der Waals surface area (Å²) in [6.07, 6.45) is 3.83. The first-order valence-corrected chi connectivity index (χ1v) is 6.91. The Morgan fingerprint density at radius 1 is 1.25 bits per heavy atom. The molecule has 0 fully saturated rings. The maximum absolute atomic E-state index is 4.36. The molecule has 0 saturated heterocycles. The van der Waals surface area contributed by atoms with Gasteiger partial charge >= 0.3 is 0 Å². The number of para-hydroxylation sites is 1. The molecule has 5 nitrogen and oxygen atoms in total. The molecule has 0 atom stereocenters. The summed E-state index contributed by atoms with van der Waals surface area (Å²) in [5, 5.41) is 8.75. The summed E-state index contributed by atoms with van der Waals surface area (Å²) in [6, 6.07) is 8.48. The highest BCUT2D eigenvalue weighted by molar-refractivity contribution is 5.84. The average molecular weight is 269 g/mol. The van der Waals surface area contributed by atoms with E-state index in [4.69, 9.17) is 0 Å². The van der Waals surface area contributed by atoms with E-state index in [0.29, 0.717) is 0 Å². The molecule has 0 saturated carbocycles. The smallest absolute Gasteiger partial charge is 0.146 e. The Kier molecular flexibility index (Phi) is 3.52. The fourth-order valence-electron chi connectivity index (χ4n) is 2.61. The summed E-state index contributed by atoms with van der Waals surface area (Å²) in [4.78, 5) is 4.36. The van der Waals surface area contributed by atoms with Crippen molar-refractivity contribution in [1.82, 2.24) is 24.6 Å². The van der Waals surface area contributed by atoms with Gasteiger partial charge in [0, 0.05) is 30.2 Å². The van der Waals surface area contributed by atoms with E-state index >= 15 is 0 Å². The molecule has 0 aliphatic rings. The Morgan fingerprint density at radius 2 is 2.10 bits per heavy atom. The molecule has 0 aliphatic carbocycles. The van der Waals surface area contributed by atoms with Crippen LogP contribution < -0.4 is 5.32 Å². The maximum Gasteiger partial charge on any atom is 0.146 e. The Morgan fingerprint density at radius 3 is 2.90 bits per heavy atom. The SMILES string of the molecule is CCn1ncnc1Cn1cc(CNC)c2ccccc21. The van der Waals surface area contributed by atoms with Crippen LogP contribution in [0.3, 0.4) is 0 Å². The first-order chi connectivity index (χ1) is 9.83. The van der Waals surface area contributed by atoms with Gasteiger partial charge in [-0.15, -0.1) is 0 Å². The third-order valence-electron chi connectivity index (χ3n) is 3.55. The summed E-state index contributed by atoms with van der Waals surface area (Å²) < 4.78 is 4.19. The van der Waals surface area contributed by atoms with Crippen LogP contribution in [0.25, 0.3) is 10.9 Å². The number of fused-ring (bicyclic) bond motifs is 1. The van der Waals surface area contributed by atoms with Gasteiger partial charge in [0.05, 0.1) is 6.54 Å². The van der Waals surface area contributed by atoms with Crippen molar-refractivity contribution in [2.24, 2.45) is 0 Å². The molecule has 0 unspecified atom stereocenters. The van der Waals surface area contributed by atoms with E-state index in [2.05, 4.69) is 57.4 Å². The van der Waals surface area contributed by atoms with E-state index in [-0.39, 0.29) is 0 Å². The minimum atomic E-state index is 0.748. The number of nitrogens with zero attached hydrogens (tertiary/aromatic N) is 4. The van der Waals surface area contributed by atoms with E-state index < -0.39 is 0 Å². The Hall–Kier alpha value is -2.14. The highest BCUT2D eigenvalue weighted by atomic mass is 15.3. The highest BCUT2D eigenvalue weighted by Gasteiger charge is 2.10. The van der Waals surface area contributed by atoms with Gasteiger partial charge in [0.2, 0.25) is 0 Å². The van der Waals surface area contributed by atoms with Crippen LogP contribution in [0.4, 0.5) is 0 Å². The van der Waals surface area contributed by atoms with Crippen LogP contribution in [0, 0.1) is 0 Å². The van der Waals surface area contributed by atoms with Crippen LogP contribution in [0.15, 0.2) is 36.8 Å². The van der Waals surface area contributed by atoms with Gasteiger partial charge in [-0.25, -0.2) is 9.67 Å². The van der Waals surface area contributed by atoms with Crippen molar-refractivity contribution in [2.45, 2.75) is 26.6 Å². The van der Waals surface area contributed by atoms with Gasteiger partial charge in [0.25, 0.3) is 0 Å². The maximum atomic E-state index is 4.36. The largest absolute Gasteiger partial charge is 0.340 e. The molecule has 0 amide bonds. The fraction of sp³-hybridized carbons (Fsp3) is 0.333. The van der Waals surface area contributed by atoms with Crippen molar-refractivity contribution in [2.75, 3.05) is 7.05 Å². The summed E-state index contributed by atoms with van der Waals surface area (Å²) in [5.41, 5.74) is 2.55. The number of benzene rings is 1. The molecule has 0 aliphatic heterocycles. The molecule has 1 aromatic carbocycles. The number of aromatic nitrogens is 4. The number of rotatable bonds is 5. The third-order valence-corrected chi connectivity index (χ3v) is 3.55. The fourth-order valence-corrected chi connectivity index (χ4v) is 2.61. The van der Waals surface area contributed by atoms with Gasteiger partial charge in [-0.05, 0) is 25.6 Å². The lowest BCUT2D eigenvalue weighted by Crippen LogP contribution is -2.08. The highest BCUT2D eigenvalue weighted by Crippen LogP contribution is 2.22. The van der Waals surface area contributed by atoms with Gasteiger partial charge < -0.3 is 9.88 Å². The van der Waals surface area contributed by atoms with Gasteiger partial charge in [0.1, 0.15) is 12.2 Å². The van der Waals surface area contributed by atoms with Crippen molar-refractivity contribution in [3.05, 3.63) is 48.2 Å². The second-order valence-corrected chi connectivity index (χ2v) is 4.82. The van der Waals surface area contributed by atoms with Crippen LogP contribution in [0.1, 0.15) is 18.3 Å². The Balaban J connectivity index is 2.03. The summed E-state index contributed by atoms with van der Waals surface area (Å²) in [7, 11) is 1.97. The average Bonchev–Trinajstić information content (AvgIpc) is 3.06. The standard InChI is InChI=1S/C15H19N5/c1-3-20-15(17-11-18-20)10-19-9-12(8-16-2)13-6-4-5-7-14(13)19/h4-7,9,11,16H,3,8,10H2,1-2H3. The van der Waals surface area contributed by atoms with E-state index in [1.54, 1.807) is 6.33 Å². The first-order valence-electron chi connectivity index (χ1n) is 6.91. The zero-order valence-corrected chi connectivity index (χ0v) is 11.9. The van der Waals surface area contributed by atoms with Crippen molar-refractivity contribution < 1.29 is 0 Å². The normalized spacial score (nSPS) is 11.3. The molecule has 3 rings (SSSR count). The van der Waals surface area contributed by atoms with Crippen molar-refractivity contribution in [3.63, 3.8) is 0 Å². The molecule has 0 radical (unpaired) electrons. The molecule has 3 aromatic rings. The first kappa shape index (κ1) is 12.9. The van der Waals surface area contributed by atoms with Crippen molar-refractivity contribution in [1.29, 1.82) is 0 Å². The predicted molar refractivity (Wildman–Crippen MR) is 79.5 cm³/mol. The molecule has 0 spiro atoms. The van der Waals surface area contributed by atoms with E-state index in [1.165, 1.54) is 16.5 Å². The molecule has 2 aromatic heterocycles.